The monoisotopic (exact) mass is 216 g/mol. The fourth-order valence-electron chi connectivity index (χ4n) is 1.53. The zero-order valence-corrected chi connectivity index (χ0v) is 8.97. The predicted octanol–water partition coefficient (Wildman–Crippen LogP) is 0.0593. The van der Waals surface area contributed by atoms with Crippen LogP contribution in [0.15, 0.2) is 24.5 Å². The minimum Gasteiger partial charge on any atom is -0.545 e. The molecule has 0 spiro atoms. The van der Waals surface area contributed by atoms with Gasteiger partial charge in [-0.3, -0.25) is 0 Å². The van der Waals surface area contributed by atoms with Gasteiger partial charge in [-0.05, 0) is 17.7 Å². The molecule has 0 saturated carbocycles. The fraction of sp³-hybridized carbons (Fsp3) is 0.182. The van der Waals surface area contributed by atoms with Crippen molar-refractivity contribution in [3.05, 3.63) is 30.1 Å². The summed E-state index contributed by atoms with van der Waals surface area (Å²) in [6.07, 6.45) is 1.41. The van der Waals surface area contributed by atoms with Gasteiger partial charge >= 0.3 is 0 Å². The molecule has 0 unspecified atom stereocenters. The topological polar surface area (TPSA) is 69.2 Å². The number of fused-ring (bicyclic) bond motifs is 1. The fourth-order valence-corrected chi connectivity index (χ4v) is 1.53. The number of aromatic nitrogens is 2. The average Bonchev–Trinajstić information content (AvgIpc) is 2.27. The van der Waals surface area contributed by atoms with Gasteiger partial charge in [0.25, 0.3) is 0 Å². The maximum Gasteiger partial charge on any atom is 0.139 e. The molecular weight excluding hydrogens is 206 g/mol. The summed E-state index contributed by atoms with van der Waals surface area (Å²) in [6.45, 7) is 0. The summed E-state index contributed by atoms with van der Waals surface area (Å²) >= 11 is 0. The van der Waals surface area contributed by atoms with Gasteiger partial charge in [0.2, 0.25) is 0 Å². The summed E-state index contributed by atoms with van der Waals surface area (Å²) in [5.74, 6) is -0.443. The highest BCUT2D eigenvalue weighted by atomic mass is 16.4. The second-order valence-corrected chi connectivity index (χ2v) is 3.61. The molecular formula is C11H10N3O2-. The van der Waals surface area contributed by atoms with Crippen LogP contribution in [0.5, 0.6) is 0 Å². The second kappa shape index (κ2) is 3.77. The summed E-state index contributed by atoms with van der Waals surface area (Å²) in [7, 11) is 3.74. The Morgan fingerprint density at radius 1 is 1.31 bits per heavy atom. The zero-order valence-electron chi connectivity index (χ0n) is 8.97. The molecule has 0 aliphatic carbocycles. The van der Waals surface area contributed by atoms with Crippen molar-refractivity contribution >= 4 is 22.7 Å². The third kappa shape index (κ3) is 1.67. The van der Waals surface area contributed by atoms with E-state index < -0.39 is 5.97 Å². The molecule has 0 amide bonds. The highest BCUT2D eigenvalue weighted by Crippen LogP contribution is 2.21. The van der Waals surface area contributed by atoms with E-state index in [-0.39, 0.29) is 5.56 Å². The van der Waals surface area contributed by atoms with Crippen LogP contribution in [0.3, 0.4) is 0 Å². The largest absolute Gasteiger partial charge is 0.545 e. The van der Waals surface area contributed by atoms with Crippen LogP contribution in [0.4, 0.5) is 5.82 Å². The molecule has 1 aromatic carbocycles. The number of carboxylic acid groups (broad SMARTS) is 1. The van der Waals surface area contributed by atoms with Gasteiger partial charge < -0.3 is 14.8 Å². The normalized spacial score (nSPS) is 10.4. The van der Waals surface area contributed by atoms with Crippen LogP contribution < -0.4 is 10.0 Å². The number of hydrogen-bond donors (Lipinski definition) is 0. The minimum atomic E-state index is -1.20. The molecule has 2 aromatic rings. The van der Waals surface area contributed by atoms with E-state index in [0.717, 1.165) is 11.2 Å². The number of carbonyl (C=O) groups excluding carboxylic acids is 1. The van der Waals surface area contributed by atoms with Crippen molar-refractivity contribution in [2.45, 2.75) is 0 Å². The van der Waals surface area contributed by atoms with Gasteiger partial charge in [0, 0.05) is 19.5 Å². The molecule has 82 valence electrons. The predicted molar refractivity (Wildman–Crippen MR) is 58.2 cm³/mol. The van der Waals surface area contributed by atoms with Crippen molar-refractivity contribution in [2.75, 3.05) is 19.0 Å². The molecule has 5 nitrogen and oxygen atoms in total. The van der Waals surface area contributed by atoms with E-state index in [4.69, 9.17) is 0 Å². The third-order valence-corrected chi connectivity index (χ3v) is 2.27. The van der Waals surface area contributed by atoms with Crippen LogP contribution in [-0.4, -0.2) is 30.0 Å². The molecule has 0 fully saturated rings. The number of rotatable bonds is 2. The zero-order chi connectivity index (χ0) is 11.7. The number of aromatic carboxylic acids is 1. The SMILES string of the molecule is CN(C)c1ncnc2cc(C(=O)[O-])ccc12. The lowest BCUT2D eigenvalue weighted by atomic mass is 10.1. The maximum absolute atomic E-state index is 10.7. The molecule has 0 radical (unpaired) electrons. The first-order valence-electron chi connectivity index (χ1n) is 4.73. The first-order chi connectivity index (χ1) is 7.59. The van der Waals surface area contributed by atoms with Gasteiger partial charge in [0.15, 0.2) is 0 Å². The Labute approximate surface area is 92.4 Å². The van der Waals surface area contributed by atoms with Crippen molar-refractivity contribution in [3.63, 3.8) is 0 Å². The first-order valence-corrected chi connectivity index (χ1v) is 4.73. The quantitative estimate of drug-likeness (QED) is 0.710. The van der Waals surface area contributed by atoms with Gasteiger partial charge in [-0.25, -0.2) is 9.97 Å². The third-order valence-electron chi connectivity index (χ3n) is 2.27. The van der Waals surface area contributed by atoms with Crippen LogP contribution in [0.1, 0.15) is 10.4 Å². The summed E-state index contributed by atoms with van der Waals surface area (Å²) in [6, 6.07) is 4.67. The van der Waals surface area contributed by atoms with Gasteiger partial charge in [-0.15, -0.1) is 0 Å². The Morgan fingerprint density at radius 3 is 2.69 bits per heavy atom. The lowest BCUT2D eigenvalue weighted by Gasteiger charge is -2.13. The smallest absolute Gasteiger partial charge is 0.139 e. The van der Waals surface area contributed by atoms with Crippen molar-refractivity contribution in [3.8, 4) is 0 Å². The van der Waals surface area contributed by atoms with Gasteiger partial charge in [0.1, 0.15) is 12.1 Å². The molecule has 0 aliphatic rings. The first kappa shape index (κ1) is 10.4. The van der Waals surface area contributed by atoms with Crippen molar-refractivity contribution < 1.29 is 9.90 Å². The van der Waals surface area contributed by atoms with E-state index in [0.29, 0.717) is 5.52 Å². The van der Waals surface area contributed by atoms with E-state index >= 15 is 0 Å². The molecule has 1 heterocycles. The minimum absolute atomic E-state index is 0.121. The van der Waals surface area contributed by atoms with E-state index in [1.54, 1.807) is 6.07 Å². The number of hydrogen-bond acceptors (Lipinski definition) is 5. The number of anilines is 1. The Bertz CT molecular complexity index is 552. The second-order valence-electron chi connectivity index (χ2n) is 3.61. The average molecular weight is 216 g/mol. The van der Waals surface area contributed by atoms with Gasteiger partial charge in [-0.1, -0.05) is 6.07 Å². The Morgan fingerprint density at radius 2 is 2.06 bits per heavy atom. The highest BCUT2D eigenvalue weighted by Gasteiger charge is 2.06. The molecule has 1 aromatic heterocycles. The lowest BCUT2D eigenvalue weighted by molar-refractivity contribution is -0.255. The molecule has 16 heavy (non-hydrogen) atoms. The van der Waals surface area contributed by atoms with Crippen molar-refractivity contribution in [1.29, 1.82) is 0 Å². The number of carboxylic acids is 1. The molecule has 0 atom stereocenters. The summed E-state index contributed by atoms with van der Waals surface area (Å²) in [5, 5.41) is 11.5. The van der Waals surface area contributed by atoms with E-state index in [1.807, 2.05) is 19.0 Å². The van der Waals surface area contributed by atoms with Crippen LogP contribution in [0, 0.1) is 0 Å². The molecule has 0 aliphatic heterocycles. The molecule has 0 saturated heterocycles. The van der Waals surface area contributed by atoms with Gasteiger partial charge in [0.05, 0.1) is 11.5 Å². The molecule has 0 bridgehead atoms. The van der Waals surface area contributed by atoms with Gasteiger partial charge in [-0.2, -0.15) is 0 Å². The number of nitrogens with zero attached hydrogens (tertiary/aromatic N) is 3. The van der Waals surface area contributed by atoms with Crippen molar-refractivity contribution in [1.82, 2.24) is 9.97 Å². The summed E-state index contributed by atoms with van der Waals surface area (Å²) in [4.78, 5) is 20.7. The van der Waals surface area contributed by atoms with E-state index in [9.17, 15) is 9.90 Å². The summed E-state index contributed by atoms with van der Waals surface area (Å²) < 4.78 is 0. The van der Waals surface area contributed by atoms with E-state index in [1.165, 1.54) is 18.5 Å². The molecule has 0 N–H and O–H groups in total. The Balaban J connectivity index is 2.68. The Kier molecular flexibility index (Phi) is 2.44. The molecule has 5 heteroatoms. The van der Waals surface area contributed by atoms with Crippen molar-refractivity contribution in [2.24, 2.45) is 0 Å². The van der Waals surface area contributed by atoms with Crippen LogP contribution in [0.2, 0.25) is 0 Å². The van der Waals surface area contributed by atoms with Crippen LogP contribution >= 0.6 is 0 Å². The summed E-state index contributed by atoms with van der Waals surface area (Å²) in [5.41, 5.74) is 0.719. The number of carbonyl (C=O) groups is 1. The molecule has 2 rings (SSSR count). The lowest BCUT2D eigenvalue weighted by Crippen LogP contribution is -2.22. The maximum atomic E-state index is 10.7. The highest BCUT2D eigenvalue weighted by molar-refractivity contribution is 5.95. The van der Waals surface area contributed by atoms with Crippen LogP contribution in [0.25, 0.3) is 10.9 Å². The number of benzene rings is 1. The van der Waals surface area contributed by atoms with E-state index in [2.05, 4.69) is 9.97 Å². The van der Waals surface area contributed by atoms with Crippen LogP contribution in [-0.2, 0) is 0 Å². The Hall–Kier alpha value is -2.17. The standard InChI is InChI=1S/C11H11N3O2/c1-14(2)10-8-4-3-7(11(15)16)5-9(8)12-6-13-10/h3-6H,1-2H3,(H,15,16)/p-1.